The van der Waals surface area contributed by atoms with Gasteiger partial charge in [0.15, 0.2) is 0 Å². The van der Waals surface area contributed by atoms with Crippen LogP contribution < -0.4 is 0 Å². The van der Waals surface area contributed by atoms with E-state index in [1.165, 1.54) is 0 Å². The van der Waals surface area contributed by atoms with Gasteiger partial charge in [0.05, 0.1) is 28.8 Å². The lowest BCUT2D eigenvalue weighted by Crippen LogP contribution is -2.44. The summed E-state index contributed by atoms with van der Waals surface area (Å²) in [6.45, 7) is 6.52. The largest absolute Gasteiger partial charge is 0.396 e. The van der Waals surface area contributed by atoms with Gasteiger partial charge in [-0.25, -0.2) is 0 Å². The monoisotopic (exact) mass is 308 g/mol. The average molecular weight is 308 g/mol. The van der Waals surface area contributed by atoms with Crippen molar-refractivity contribution in [2.45, 2.75) is 36.7 Å². The van der Waals surface area contributed by atoms with Gasteiger partial charge in [-0.2, -0.15) is 0 Å². The topological polar surface area (TPSA) is 46.5 Å². The van der Waals surface area contributed by atoms with E-state index in [0.717, 1.165) is 23.3 Å². The number of aliphatic hydroxyl groups is 1. The van der Waals surface area contributed by atoms with Crippen LogP contribution in [0.25, 0.3) is 0 Å². The van der Waals surface area contributed by atoms with Crippen molar-refractivity contribution >= 4 is 10.8 Å². The molecule has 1 N–H and O–H groups in total. The summed E-state index contributed by atoms with van der Waals surface area (Å²) in [4.78, 5) is 0.844. The highest BCUT2D eigenvalue weighted by atomic mass is 32.2. The number of aryl methyl sites for hydroxylation is 1. The summed E-state index contributed by atoms with van der Waals surface area (Å²) < 4.78 is 18.6. The van der Waals surface area contributed by atoms with E-state index in [1.807, 2.05) is 37.3 Å². The van der Waals surface area contributed by atoms with Crippen LogP contribution in [0.5, 0.6) is 0 Å². The Morgan fingerprint density at radius 2 is 2.19 bits per heavy atom. The van der Waals surface area contributed by atoms with Crippen molar-refractivity contribution in [1.82, 2.24) is 0 Å². The standard InChI is InChI=1S/C17H24O3S/c1-3-9-17(10-8-15(11-18)12-20-17)13-21(19)16-6-4-14(2)5-7-16/h3-7,15,18H,1,8-13H2,2H3/t15-,17+,21?/m0/s1. The van der Waals surface area contributed by atoms with E-state index in [1.54, 1.807) is 0 Å². The molecule has 1 aromatic carbocycles. The second-order valence-electron chi connectivity index (χ2n) is 5.88. The van der Waals surface area contributed by atoms with Crippen molar-refractivity contribution in [1.29, 1.82) is 0 Å². The summed E-state index contributed by atoms with van der Waals surface area (Å²) in [6.07, 6.45) is 4.27. The molecular formula is C17H24O3S. The third-order valence-corrected chi connectivity index (χ3v) is 5.67. The minimum atomic E-state index is -1.08. The molecule has 0 aliphatic carbocycles. The molecule has 1 aliphatic heterocycles. The Kier molecular flexibility index (Phi) is 5.73. The molecule has 4 heteroatoms. The number of aliphatic hydroxyl groups excluding tert-OH is 1. The van der Waals surface area contributed by atoms with E-state index in [-0.39, 0.29) is 12.5 Å². The van der Waals surface area contributed by atoms with E-state index >= 15 is 0 Å². The van der Waals surface area contributed by atoms with Crippen LogP contribution >= 0.6 is 0 Å². The van der Waals surface area contributed by atoms with E-state index in [9.17, 15) is 9.32 Å². The lowest BCUT2D eigenvalue weighted by Gasteiger charge is -2.39. The molecule has 0 spiro atoms. The number of hydrogen-bond donors (Lipinski definition) is 1. The third kappa shape index (κ3) is 4.25. The predicted octanol–water partition coefficient (Wildman–Crippen LogP) is 2.84. The molecule has 3 atom stereocenters. The normalized spacial score (nSPS) is 27.2. The Morgan fingerprint density at radius 1 is 1.48 bits per heavy atom. The van der Waals surface area contributed by atoms with Crippen LogP contribution in [0.2, 0.25) is 0 Å². The Bertz CT molecular complexity index is 487. The van der Waals surface area contributed by atoms with E-state index in [0.29, 0.717) is 18.8 Å². The molecule has 1 heterocycles. The molecule has 21 heavy (non-hydrogen) atoms. The number of rotatable bonds is 6. The van der Waals surface area contributed by atoms with Gasteiger partial charge in [0.25, 0.3) is 0 Å². The van der Waals surface area contributed by atoms with Crippen LogP contribution in [0.4, 0.5) is 0 Å². The molecule has 0 amide bonds. The minimum Gasteiger partial charge on any atom is -0.396 e. The molecule has 1 aromatic rings. The van der Waals surface area contributed by atoms with Gasteiger partial charge in [-0.1, -0.05) is 23.8 Å². The molecule has 2 rings (SSSR count). The molecule has 0 saturated carbocycles. The van der Waals surface area contributed by atoms with Gasteiger partial charge in [0, 0.05) is 17.4 Å². The quantitative estimate of drug-likeness (QED) is 0.822. The molecule has 1 fully saturated rings. The lowest BCUT2D eigenvalue weighted by atomic mass is 9.88. The highest BCUT2D eigenvalue weighted by molar-refractivity contribution is 7.85. The molecule has 0 bridgehead atoms. The second kappa shape index (κ2) is 7.34. The molecule has 0 radical (unpaired) electrons. The minimum absolute atomic E-state index is 0.158. The smallest absolute Gasteiger partial charge is 0.0835 e. The van der Waals surface area contributed by atoms with Crippen LogP contribution in [0.3, 0.4) is 0 Å². The Hall–Kier alpha value is -0.970. The van der Waals surface area contributed by atoms with Crippen molar-refractivity contribution in [3.8, 4) is 0 Å². The molecule has 1 saturated heterocycles. The zero-order valence-corrected chi connectivity index (χ0v) is 13.4. The van der Waals surface area contributed by atoms with Gasteiger partial charge in [-0.3, -0.25) is 4.21 Å². The maximum absolute atomic E-state index is 12.6. The van der Waals surface area contributed by atoms with Gasteiger partial charge >= 0.3 is 0 Å². The SMILES string of the molecule is C=CC[C@]1(CS(=O)c2ccc(C)cc2)CC[C@@H](CO)CO1. The first-order valence-electron chi connectivity index (χ1n) is 7.39. The second-order valence-corrected chi connectivity index (χ2v) is 7.33. The predicted molar refractivity (Wildman–Crippen MR) is 85.8 cm³/mol. The summed E-state index contributed by atoms with van der Waals surface area (Å²) >= 11 is 0. The first-order chi connectivity index (χ1) is 10.1. The van der Waals surface area contributed by atoms with Gasteiger partial charge in [-0.15, -0.1) is 6.58 Å². The van der Waals surface area contributed by atoms with Crippen molar-refractivity contribution in [3.63, 3.8) is 0 Å². The van der Waals surface area contributed by atoms with E-state index in [2.05, 4.69) is 6.58 Å². The van der Waals surface area contributed by atoms with Gasteiger partial charge < -0.3 is 9.84 Å². The fraction of sp³-hybridized carbons (Fsp3) is 0.529. The Labute approximate surface area is 129 Å². The highest BCUT2D eigenvalue weighted by Gasteiger charge is 2.37. The first kappa shape index (κ1) is 16.4. The van der Waals surface area contributed by atoms with Crippen molar-refractivity contribution in [2.75, 3.05) is 19.0 Å². The van der Waals surface area contributed by atoms with Gasteiger partial charge in [0.1, 0.15) is 0 Å². The van der Waals surface area contributed by atoms with E-state index in [4.69, 9.17) is 4.74 Å². The van der Waals surface area contributed by atoms with Crippen LogP contribution in [0, 0.1) is 12.8 Å². The molecule has 116 valence electrons. The first-order valence-corrected chi connectivity index (χ1v) is 8.71. The van der Waals surface area contributed by atoms with Crippen molar-refractivity contribution in [2.24, 2.45) is 5.92 Å². The zero-order chi connectivity index (χ0) is 15.3. The molecule has 3 nitrogen and oxygen atoms in total. The Balaban J connectivity index is 2.07. The lowest BCUT2D eigenvalue weighted by molar-refractivity contribution is -0.0919. The van der Waals surface area contributed by atoms with Crippen LogP contribution in [-0.4, -0.2) is 33.9 Å². The summed E-state index contributed by atoms with van der Waals surface area (Å²) in [5, 5.41) is 9.22. The van der Waals surface area contributed by atoms with E-state index < -0.39 is 16.4 Å². The van der Waals surface area contributed by atoms with Crippen LogP contribution in [0.1, 0.15) is 24.8 Å². The number of ether oxygens (including phenoxy) is 1. The third-order valence-electron chi connectivity index (χ3n) is 4.09. The Morgan fingerprint density at radius 3 is 2.71 bits per heavy atom. The van der Waals surface area contributed by atoms with Gasteiger partial charge in [-0.05, 0) is 38.3 Å². The van der Waals surface area contributed by atoms with Crippen molar-refractivity contribution < 1.29 is 14.1 Å². The fourth-order valence-corrected chi connectivity index (χ4v) is 4.10. The summed E-state index contributed by atoms with van der Waals surface area (Å²) in [6, 6.07) is 7.81. The maximum atomic E-state index is 12.6. The number of benzene rings is 1. The van der Waals surface area contributed by atoms with Crippen molar-refractivity contribution in [3.05, 3.63) is 42.5 Å². The van der Waals surface area contributed by atoms with Gasteiger partial charge in [0.2, 0.25) is 0 Å². The number of hydrogen-bond acceptors (Lipinski definition) is 3. The van der Waals surface area contributed by atoms with Crippen LogP contribution in [0.15, 0.2) is 41.8 Å². The zero-order valence-electron chi connectivity index (χ0n) is 12.6. The highest BCUT2D eigenvalue weighted by Crippen LogP contribution is 2.33. The summed E-state index contributed by atoms with van der Waals surface area (Å²) in [7, 11) is -1.08. The average Bonchev–Trinajstić information content (AvgIpc) is 2.49. The summed E-state index contributed by atoms with van der Waals surface area (Å²) in [5.74, 6) is 0.691. The molecule has 0 aromatic heterocycles. The molecular weight excluding hydrogens is 284 g/mol. The molecule has 1 aliphatic rings. The summed E-state index contributed by atoms with van der Waals surface area (Å²) in [5.41, 5.74) is 0.764. The van der Waals surface area contributed by atoms with Crippen LogP contribution in [-0.2, 0) is 15.5 Å². The fourth-order valence-electron chi connectivity index (χ4n) is 2.67. The molecule has 1 unspecified atom stereocenters. The maximum Gasteiger partial charge on any atom is 0.0835 e.